The second-order valence-corrected chi connectivity index (χ2v) is 12.4. The molecule has 198 valence electrons. The van der Waals surface area contributed by atoms with Crippen molar-refractivity contribution in [1.82, 2.24) is 9.29 Å². The van der Waals surface area contributed by atoms with Gasteiger partial charge >= 0.3 is 0 Å². The number of piperidine rings is 1. The molecule has 0 N–H and O–H groups in total. The molecule has 1 fully saturated rings. The number of ether oxygens (including phenoxy) is 1. The lowest BCUT2D eigenvalue weighted by Gasteiger charge is -2.33. The molecule has 38 heavy (non-hydrogen) atoms. The Labute approximate surface area is 227 Å². The largest absolute Gasteiger partial charge is 0.492 e. The number of para-hydroxylation sites is 1. The maximum absolute atomic E-state index is 14.1. The van der Waals surface area contributed by atoms with Crippen LogP contribution in [0.15, 0.2) is 77.7 Å². The van der Waals surface area contributed by atoms with Crippen LogP contribution in [0, 0.1) is 12.8 Å². The zero-order valence-corrected chi connectivity index (χ0v) is 23.2. The van der Waals surface area contributed by atoms with E-state index in [4.69, 9.17) is 9.72 Å². The first-order valence-electron chi connectivity index (χ1n) is 12.8. The second-order valence-electron chi connectivity index (χ2n) is 9.46. The third kappa shape index (κ3) is 5.45. The Morgan fingerprint density at radius 1 is 1.08 bits per heavy atom. The number of hydrogen-bond acceptors (Lipinski definition) is 6. The third-order valence-electron chi connectivity index (χ3n) is 6.74. The van der Waals surface area contributed by atoms with Gasteiger partial charge in [0, 0.05) is 13.1 Å². The smallest absolute Gasteiger partial charge is 0.243 e. The number of nitrogens with zero attached hydrogens (tertiary/aromatic N) is 3. The molecule has 1 saturated heterocycles. The van der Waals surface area contributed by atoms with E-state index >= 15 is 0 Å². The molecule has 9 heteroatoms. The molecule has 0 aliphatic carbocycles. The number of hydrogen-bond donors (Lipinski definition) is 0. The van der Waals surface area contributed by atoms with Crippen molar-refractivity contribution in [2.75, 3.05) is 24.6 Å². The Morgan fingerprint density at radius 2 is 1.84 bits per heavy atom. The SMILES string of the molecule is CCOc1cccc2sc(N(Cc3ccccc3)C(=O)C3CCCN(S(=O)(=O)c4ccc(C)cc4)C3)nc12. The van der Waals surface area contributed by atoms with Crippen molar-refractivity contribution in [1.29, 1.82) is 0 Å². The van der Waals surface area contributed by atoms with Crippen molar-refractivity contribution in [3.63, 3.8) is 0 Å². The summed E-state index contributed by atoms with van der Waals surface area (Å²) < 4.78 is 34.9. The fourth-order valence-electron chi connectivity index (χ4n) is 4.75. The summed E-state index contributed by atoms with van der Waals surface area (Å²) in [6.45, 7) is 5.27. The molecule has 2 heterocycles. The minimum absolute atomic E-state index is 0.116. The summed E-state index contributed by atoms with van der Waals surface area (Å²) in [6, 6.07) is 22.4. The number of anilines is 1. The topological polar surface area (TPSA) is 79.8 Å². The summed E-state index contributed by atoms with van der Waals surface area (Å²) in [6.07, 6.45) is 1.24. The van der Waals surface area contributed by atoms with Gasteiger partial charge in [0.25, 0.3) is 0 Å². The molecule has 5 rings (SSSR count). The highest BCUT2D eigenvalue weighted by Crippen LogP contribution is 2.36. The lowest BCUT2D eigenvalue weighted by atomic mass is 9.98. The van der Waals surface area contributed by atoms with Crippen LogP contribution in [-0.4, -0.2) is 43.3 Å². The summed E-state index contributed by atoms with van der Waals surface area (Å²) in [7, 11) is -3.69. The molecule has 0 bridgehead atoms. The average Bonchev–Trinajstić information content (AvgIpc) is 3.37. The van der Waals surface area contributed by atoms with Gasteiger partial charge in [0.05, 0.1) is 28.7 Å². The Morgan fingerprint density at radius 3 is 2.58 bits per heavy atom. The van der Waals surface area contributed by atoms with E-state index in [0.29, 0.717) is 43.4 Å². The van der Waals surface area contributed by atoms with E-state index in [-0.39, 0.29) is 17.3 Å². The van der Waals surface area contributed by atoms with Crippen LogP contribution in [0.2, 0.25) is 0 Å². The van der Waals surface area contributed by atoms with Crippen LogP contribution in [0.3, 0.4) is 0 Å². The van der Waals surface area contributed by atoms with Gasteiger partial charge < -0.3 is 4.74 Å². The van der Waals surface area contributed by atoms with E-state index in [2.05, 4.69) is 0 Å². The molecule has 1 atom stereocenters. The van der Waals surface area contributed by atoms with Gasteiger partial charge in [0.2, 0.25) is 15.9 Å². The zero-order chi connectivity index (χ0) is 26.7. The number of benzene rings is 3. The number of aryl methyl sites for hydroxylation is 1. The maximum Gasteiger partial charge on any atom is 0.243 e. The van der Waals surface area contributed by atoms with Crippen LogP contribution >= 0.6 is 11.3 Å². The van der Waals surface area contributed by atoms with E-state index < -0.39 is 15.9 Å². The number of carbonyl (C=O) groups excluding carboxylic acids is 1. The predicted molar refractivity (Wildman–Crippen MR) is 151 cm³/mol. The van der Waals surface area contributed by atoms with Crippen molar-refractivity contribution in [3.05, 3.63) is 83.9 Å². The van der Waals surface area contributed by atoms with Gasteiger partial charge in [-0.25, -0.2) is 13.4 Å². The molecule has 1 aliphatic rings. The standard InChI is InChI=1S/C29H31N3O4S2/c1-3-36-25-12-7-13-26-27(25)30-29(37-26)32(19-22-9-5-4-6-10-22)28(33)23-11-8-18-31(20-23)38(34,35)24-16-14-21(2)15-17-24/h4-7,9-10,12-17,23H,3,8,11,18-20H2,1-2H3. The number of carbonyl (C=O) groups is 1. The van der Waals surface area contributed by atoms with E-state index in [1.54, 1.807) is 29.2 Å². The molecular formula is C29H31N3O4S2. The van der Waals surface area contributed by atoms with Gasteiger partial charge in [0.15, 0.2) is 5.13 Å². The number of amides is 1. The molecule has 1 aromatic heterocycles. The molecule has 7 nitrogen and oxygen atoms in total. The first kappa shape index (κ1) is 26.3. The van der Waals surface area contributed by atoms with Gasteiger partial charge in [-0.1, -0.05) is 65.4 Å². The summed E-state index contributed by atoms with van der Waals surface area (Å²) in [5, 5.41) is 0.583. The molecule has 0 spiro atoms. The fraction of sp³-hybridized carbons (Fsp3) is 0.310. The minimum Gasteiger partial charge on any atom is -0.492 e. The molecule has 0 saturated carbocycles. The first-order valence-corrected chi connectivity index (χ1v) is 15.1. The first-order chi connectivity index (χ1) is 18.4. The molecule has 0 radical (unpaired) electrons. The Bertz CT molecular complexity index is 1520. The summed E-state index contributed by atoms with van der Waals surface area (Å²) in [4.78, 5) is 20.9. The maximum atomic E-state index is 14.1. The highest BCUT2D eigenvalue weighted by Gasteiger charge is 2.36. The molecule has 1 unspecified atom stereocenters. The highest BCUT2D eigenvalue weighted by atomic mass is 32.2. The summed E-state index contributed by atoms with van der Waals surface area (Å²) >= 11 is 1.44. The van der Waals surface area contributed by atoms with E-state index in [0.717, 1.165) is 21.3 Å². The lowest BCUT2D eigenvalue weighted by molar-refractivity contribution is -0.123. The van der Waals surface area contributed by atoms with E-state index in [1.807, 2.05) is 62.4 Å². The molecule has 1 aliphatic heterocycles. The van der Waals surface area contributed by atoms with Crippen molar-refractivity contribution < 1.29 is 17.9 Å². The van der Waals surface area contributed by atoms with Crippen LogP contribution in [0.4, 0.5) is 5.13 Å². The molecule has 3 aromatic carbocycles. The van der Waals surface area contributed by atoms with Crippen molar-refractivity contribution >= 4 is 42.6 Å². The number of fused-ring (bicyclic) bond motifs is 1. The number of rotatable bonds is 8. The summed E-state index contributed by atoms with van der Waals surface area (Å²) in [5.41, 5.74) is 2.70. The second kappa shape index (κ2) is 11.2. The molecular weight excluding hydrogens is 518 g/mol. The monoisotopic (exact) mass is 549 g/mol. The van der Waals surface area contributed by atoms with Crippen molar-refractivity contribution in [3.8, 4) is 5.75 Å². The van der Waals surface area contributed by atoms with Crippen LogP contribution in [0.25, 0.3) is 10.2 Å². The fourth-order valence-corrected chi connectivity index (χ4v) is 7.26. The Balaban J connectivity index is 1.46. The van der Waals surface area contributed by atoms with Gasteiger partial charge in [0.1, 0.15) is 11.3 Å². The molecule has 1 amide bonds. The third-order valence-corrected chi connectivity index (χ3v) is 9.67. The zero-order valence-electron chi connectivity index (χ0n) is 21.5. The number of thiazole rings is 1. The normalized spacial score (nSPS) is 16.4. The van der Waals surface area contributed by atoms with Crippen LogP contribution in [-0.2, 0) is 21.4 Å². The Hall–Kier alpha value is -3.27. The van der Waals surface area contributed by atoms with Crippen LogP contribution in [0.5, 0.6) is 5.75 Å². The number of sulfonamides is 1. The van der Waals surface area contributed by atoms with Gasteiger partial charge in [-0.15, -0.1) is 0 Å². The van der Waals surface area contributed by atoms with Crippen LogP contribution in [0.1, 0.15) is 30.9 Å². The van der Waals surface area contributed by atoms with Crippen LogP contribution < -0.4 is 9.64 Å². The van der Waals surface area contributed by atoms with Crippen molar-refractivity contribution in [2.24, 2.45) is 5.92 Å². The van der Waals surface area contributed by atoms with E-state index in [1.165, 1.54) is 15.6 Å². The minimum atomic E-state index is -3.69. The lowest BCUT2D eigenvalue weighted by Crippen LogP contribution is -2.46. The Kier molecular flexibility index (Phi) is 7.78. The summed E-state index contributed by atoms with van der Waals surface area (Å²) in [5.74, 6) is 0.105. The average molecular weight is 550 g/mol. The van der Waals surface area contributed by atoms with Crippen molar-refractivity contribution in [2.45, 2.75) is 38.1 Å². The van der Waals surface area contributed by atoms with E-state index in [9.17, 15) is 13.2 Å². The highest BCUT2D eigenvalue weighted by molar-refractivity contribution is 7.89. The quantitative estimate of drug-likeness (QED) is 0.284. The van der Waals surface area contributed by atoms with Gasteiger partial charge in [-0.05, 0) is 56.5 Å². The molecule has 4 aromatic rings. The predicted octanol–water partition coefficient (Wildman–Crippen LogP) is 5.64. The van der Waals surface area contributed by atoms with Gasteiger partial charge in [-0.3, -0.25) is 9.69 Å². The number of aromatic nitrogens is 1. The van der Waals surface area contributed by atoms with Gasteiger partial charge in [-0.2, -0.15) is 4.31 Å².